The van der Waals surface area contributed by atoms with E-state index in [-0.39, 0.29) is 13.1 Å². The number of hydrogen-bond acceptors (Lipinski definition) is 2. The molecule has 1 saturated heterocycles. The van der Waals surface area contributed by atoms with Crippen molar-refractivity contribution in [2.45, 2.75) is 6.18 Å². The standard InChI is InChI=1S/C12H12F4N2O/c13-9-3-1-2-8(12(14,15)16)10(9)11(19)18-6-4-17-5-7-18/h1-3,17H,4-7H2. The maximum absolute atomic E-state index is 13.6. The summed E-state index contributed by atoms with van der Waals surface area (Å²) in [4.78, 5) is 13.3. The van der Waals surface area contributed by atoms with Gasteiger partial charge in [-0.2, -0.15) is 13.2 Å². The van der Waals surface area contributed by atoms with Crippen LogP contribution in [0.4, 0.5) is 17.6 Å². The fourth-order valence-corrected chi connectivity index (χ4v) is 2.00. The molecule has 0 aromatic heterocycles. The number of alkyl halides is 3. The predicted octanol–water partition coefficient (Wildman–Crippen LogP) is 1.89. The largest absolute Gasteiger partial charge is 0.417 e. The summed E-state index contributed by atoms with van der Waals surface area (Å²) in [6.07, 6.45) is -4.75. The van der Waals surface area contributed by atoms with Crippen LogP contribution in [0.5, 0.6) is 0 Å². The molecule has 1 aromatic rings. The van der Waals surface area contributed by atoms with E-state index in [2.05, 4.69) is 5.32 Å². The van der Waals surface area contributed by atoms with Crippen LogP contribution in [-0.4, -0.2) is 37.0 Å². The Hall–Kier alpha value is -1.63. The van der Waals surface area contributed by atoms with E-state index in [1.54, 1.807) is 0 Å². The van der Waals surface area contributed by atoms with Crippen LogP contribution in [0.25, 0.3) is 0 Å². The molecule has 2 rings (SSSR count). The number of rotatable bonds is 1. The van der Waals surface area contributed by atoms with Crippen LogP contribution in [0.2, 0.25) is 0 Å². The zero-order valence-corrected chi connectivity index (χ0v) is 9.93. The monoisotopic (exact) mass is 276 g/mol. The number of piperazine rings is 1. The summed E-state index contributed by atoms with van der Waals surface area (Å²) >= 11 is 0. The molecule has 0 atom stereocenters. The summed E-state index contributed by atoms with van der Waals surface area (Å²) in [7, 11) is 0. The Morgan fingerprint density at radius 3 is 2.42 bits per heavy atom. The lowest BCUT2D eigenvalue weighted by Crippen LogP contribution is -2.47. The van der Waals surface area contributed by atoms with E-state index < -0.39 is 29.0 Å². The van der Waals surface area contributed by atoms with E-state index in [0.717, 1.165) is 18.2 Å². The van der Waals surface area contributed by atoms with Gasteiger partial charge < -0.3 is 10.2 Å². The van der Waals surface area contributed by atoms with Gasteiger partial charge in [0.1, 0.15) is 5.82 Å². The SMILES string of the molecule is O=C(c1c(F)cccc1C(F)(F)F)N1CCNCC1. The summed E-state index contributed by atoms with van der Waals surface area (Å²) in [5, 5.41) is 2.97. The lowest BCUT2D eigenvalue weighted by molar-refractivity contribution is -0.138. The lowest BCUT2D eigenvalue weighted by Gasteiger charge is -2.28. The van der Waals surface area contributed by atoms with Crippen LogP contribution in [0, 0.1) is 5.82 Å². The number of nitrogens with one attached hydrogen (secondary N) is 1. The summed E-state index contributed by atoms with van der Waals surface area (Å²) < 4.78 is 52.0. The highest BCUT2D eigenvalue weighted by Gasteiger charge is 2.38. The van der Waals surface area contributed by atoms with E-state index in [1.807, 2.05) is 0 Å². The number of carbonyl (C=O) groups is 1. The molecule has 1 aliphatic heterocycles. The molecule has 19 heavy (non-hydrogen) atoms. The van der Waals surface area contributed by atoms with Crippen molar-refractivity contribution in [1.29, 1.82) is 0 Å². The van der Waals surface area contributed by atoms with Gasteiger partial charge in [-0.25, -0.2) is 4.39 Å². The minimum atomic E-state index is -4.75. The first-order valence-corrected chi connectivity index (χ1v) is 5.77. The zero-order valence-electron chi connectivity index (χ0n) is 9.93. The van der Waals surface area contributed by atoms with Gasteiger partial charge in [0.15, 0.2) is 0 Å². The summed E-state index contributed by atoms with van der Waals surface area (Å²) in [6, 6.07) is 2.54. The van der Waals surface area contributed by atoms with E-state index in [4.69, 9.17) is 0 Å². The summed E-state index contributed by atoms with van der Waals surface area (Å²) in [5.74, 6) is -2.05. The van der Waals surface area contributed by atoms with Crippen molar-refractivity contribution >= 4 is 5.91 Å². The van der Waals surface area contributed by atoms with Crippen LogP contribution in [0.15, 0.2) is 18.2 Å². The van der Waals surface area contributed by atoms with Gasteiger partial charge in [-0.1, -0.05) is 6.07 Å². The molecule has 0 bridgehead atoms. The number of halogens is 4. The average molecular weight is 276 g/mol. The maximum atomic E-state index is 13.6. The molecule has 0 spiro atoms. The van der Waals surface area contributed by atoms with Crippen LogP contribution >= 0.6 is 0 Å². The predicted molar refractivity (Wildman–Crippen MR) is 60.2 cm³/mol. The van der Waals surface area contributed by atoms with Crippen molar-refractivity contribution < 1.29 is 22.4 Å². The smallest absolute Gasteiger partial charge is 0.336 e. The molecular weight excluding hydrogens is 264 g/mol. The van der Waals surface area contributed by atoms with Gasteiger partial charge in [0.05, 0.1) is 11.1 Å². The molecule has 1 amide bonds. The van der Waals surface area contributed by atoms with Gasteiger partial charge in [0, 0.05) is 26.2 Å². The van der Waals surface area contributed by atoms with E-state index in [0.29, 0.717) is 13.1 Å². The second-order valence-corrected chi connectivity index (χ2v) is 4.20. The third-order valence-corrected chi connectivity index (χ3v) is 2.94. The van der Waals surface area contributed by atoms with Gasteiger partial charge in [-0.3, -0.25) is 4.79 Å². The van der Waals surface area contributed by atoms with Gasteiger partial charge in [-0.05, 0) is 12.1 Å². The second kappa shape index (κ2) is 5.16. The van der Waals surface area contributed by atoms with Crippen molar-refractivity contribution in [2.75, 3.05) is 26.2 Å². The van der Waals surface area contributed by atoms with Crippen molar-refractivity contribution in [2.24, 2.45) is 0 Å². The zero-order chi connectivity index (χ0) is 14.0. The number of nitrogens with zero attached hydrogens (tertiary/aromatic N) is 1. The fraction of sp³-hybridized carbons (Fsp3) is 0.417. The number of benzene rings is 1. The molecule has 7 heteroatoms. The Labute approximate surface area is 107 Å². The quantitative estimate of drug-likeness (QED) is 0.794. The first kappa shape index (κ1) is 13.8. The highest BCUT2D eigenvalue weighted by Crippen LogP contribution is 2.33. The Morgan fingerprint density at radius 2 is 1.84 bits per heavy atom. The third-order valence-electron chi connectivity index (χ3n) is 2.94. The lowest BCUT2D eigenvalue weighted by atomic mass is 10.0. The Kier molecular flexibility index (Phi) is 3.75. The van der Waals surface area contributed by atoms with Crippen molar-refractivity contribution in [3.8, 4) is 0 Å². The maximum Gasteiger partial charge on any atom is 0.417 e. The summed E-state index contributed by atoms with van der Waals surface area (Å²) in [5.41, 5.74) is -2.12. The van der Waals surface area contributed by atoms with Gasteiger partial charge in [-0.15, -0.1) is 0 Å². The normalized spacial score (nSPS) is 16.5. The molecule has 0 saturated carbocycles. The topological polar surface area (TPSA) is 32.3 Å². The molecule has 3 nitrogen and oxygen atoms in total. The molecule has 1 heterocycles. The molecule has 0 unspecified atom stereocenters. The first-order chi connectivity index (χ1) is 8.91. The molecule has 1 fully saturated rings. The minimum Gasteiger partial charge on any atom is -0.336 e. The third kappa shape index (κ3) is 2.86. The number of carbonyl (C=O) groups excluding carboxylic acids is 1. The number of amides is 1. The Balaban J connectivity index is 2.40. The molecule has 0 aliphatic carbocycles. The van der Waals surface area contributed by atoms with Crippen LogP contribution < -0.4 is 5.32 Å². The molecule has 1 aromatic carbocycles. The van der Waals surface area contributed by atoms with Crippen molar-refractivity contribution in [1.82, 2.24) is 10.2 Å². The van der Waals surface area contributed by atoms with E-state index >= 15 is 0 Å². The molecule has 0 radical (unpaired) electrons. The van der Waals surface area contributed by atoms with Crippen LogP contribution in [0.3, 0.4) is 0 Å². The average Bonchev–Trinajstić information content (AvgIpc) is 2.37. The molecule has 1 aliphatic rings. The fourth-order valence-electron chi connectivity index (χ4n) is 2.00. The number of hydrogen-bond donors (Lipinski definition) is 1. The molecular formula is C12H12F4N2O. The minimum absolute atomic E-state index is 0.268. The second-order valence-electron chi connectivity index (χ2n) is 4.20. The first-order valence-electron chi connectivity index (χ1n) is 5.77. The highest BCUT2D eigenvalue weighted by atomic mass is 19.4. The van der Waals surface area contributed by atoms with Gasteiger partial charge in [0.2, 0.25) is 0 Å². The Bertz CT molecular complexity index is 481. The highest BCUT2D eigenvalue weighted by molar-refractivity contribution is 5.96. The van der Waals surface area contributed by atoms with Gasteiger partial charge >= 0.3 is 6.18 Å². The van der Waals surface area contributed by atoms with Gasteiger partial charge in [0.25, 0.3) is 5.91 Å². The van der Waals surface area contributed by atoms with Crippen LogP contribution in [0.1, 0.15) is 15.9 Å². The van der Waals surface area contributed by atoms with Crippen LogP contribution in [-0.2, 0) is 6.18 Å². The van der Waals surface area contributed by atoms with E-state index in [1.165, 1.54) is 4.90 Å². The Morgan fingerprint density at radius 1 is 1.21 bits per heavy atom. The summed E-state index contributed by atoms with van der Waals surface area (Å²) in [6.45, 7) is 1.51. The van der Waals surface area contributed by atoms with Crippen molar-refractivity contribution in [3.05, 3.63) is 35.1 Å². The molecule has 1 N–H and O–H groups in total. The van der Waals surface area contributed by atoms with Crippen molar-refractivity contribution in [3.63, 3.8) is 0 Å². The molecule has 104 valence electrons. The van der Waals surface area contributed by atoms with E-state index in [9.17, 15) is 22.4 Å².